The van der Waals surface area contributed by atoms with Crippen LogP contribution in [0.15, 0.2) is 36.4 Å². The van der Waals surface area contributed by atoms with Crippen molar-refractivity contribution in [1.29, 1.82) is 0 Å². The number of nitrogens with zero attached hydrogens (tertiary/aromatic N) is 1. The SMILES string of the molecule is Cc1ccc(OCC2(O)CCN(CC(=O)NCc3ccc4c(c3)OCO4)CC2)c(C)c1. The van der Waals surface area contributed by atoms with E-state index >= 15 is 0 Å². The first-order valence-corrected chi connectivity index (χ1v) is 10.7. The Morgan fingerprint density at radius 1 is 1.13 bits per heavy atom. The zero-order valence-corrected chi connectivity index (χ0v) is 18.1. The lowest BCUT2D eigenvalue weighted by atomic mass is 9.92. The Morgan fingerprint density at radius 3 is 2.68 bits per heavy atom. The number of piperidine rings is 1. The van der Waals surface area contributed by atoms with Crippen LogP contribution in [0.2, 0.25) is 0 Å². The van der Waals surface area contributed by atoms with E-state index in [1.165, 1.54) is 5.56 Å². The summed E-state index contributed by atoms with van der Waals surface area (Å²) in [6, 6.07) is 11.7. The Kier molecular flexibility index (Phi) is 6.34. The van der Waals surface area contributed by atoms with Crippen molar-refractivity contribution in [1.82, 2.24) is 10.2 Å². The van der Waals surface area contributed by atoms with Crippen LogP contribution in [0.5, 0.6) is 17.2 Å². The van der Waals surface area contributed by atoms with Gasteiger partial charge >= 0.3 is 0 Å². The zero-order chi connectivity index (χ0) is 21.8. The van der Waals surface area contributed by atoms with Crippen molar-refractivity contribution in [2.45, 2.75) is 38.8 Å². The minimum Gasteiger partial charge on any atom is -0.490 e. The topological polar surface area (TPSA) is 80.3 Å². The highest BCUT2D eigenvalue weighted by Crippen LogP contribution is 2.32. The summed E-state index contributed by atoms with van der Waals surface area (Å²) in [6.45, 7) is 6.63. The summed E-state index contributed by atoms with van der Waals surface area (Å²) in [5.41, 5.74) is 2.36. The summed E-state index contributed by atoms with van der Waals surface area (Å²) in [5, 5.41) is 13.8. The van der Waals surface area contributed by atoms with Crippen molar-refractivity contribution in [3.05, 3.63) is 53.1 Å². The van der Waals surface area contributed by atoms with Gasteiger partial charge < -0.3 is 24.6 Å². The molecule has 0 aliphatic carbocycles. The molecule has 2 N–H and O–H groups in total. The summed E-state index contributed by atoms with van der Waals surface area (Å²) in [7, 11) is 0. The molecule has 2 heterocycles. The summed E-state index contributed by atoms with van der Waals surface area (Å²) in [6.07, 6.45) is 1.15. The van der Waals surface area contributed by atoms with Gasteiger partial charge in [0.25, 0.3) is 0 Å². The third-order valence-corrected chi connectivity index (χ3v) is 5.91. The Balaban J connectivity index is 1.20. The quantitative estimate of drug-likeness (QED) is 0.708. The first kappa shape index (κ1) is 21.5. The molecule has 0 atom stereocenters. The van der Waals surface area contributed by atoms with Crippen LogP contribution in [0.1, 0.15) is 29.5 Å². The van der Waals surface area contributed by atoms with Gasteiger partial charge in [-0.15, -0.1) is 0 Å². The van der Waals surface area contributed by atoms with Crippen LogP contribution < -0.4 is 19.5 Å². The van der Waals surface area contributed by atoms with Gasteiger partial charge in [-0.25, -0.2) is 0 Å². The molecule has 1 fully saturated rings. The highest BCUT2D eigenvalue weighted by Gasteiger charge is 2.33. The molecule has 0 bridgehead atoms. The number of benzene rings is 2. The number of hydrogen-bond acceptors (Lipinski definition) is 6. The molecule has 0 saturated carbocycles. The van der Waals surface area contributed by atoms with Gasteiger partial charge in [0.15, 0.2) is 11.5 Å². The van der Waals surface area contributed by atoms with Gasteiger partial charge in [-0.3, -0.25) is 9.69 Å². The molecule has 7 nitrogen and oxygen atoms in total. The third-order valence-electron chi connectivity index (χ3n) is 5.91. The molecule has 1 amide bonds. The fourth-order valence-corrected chi connectivity index (χ4v) is 3.96. The highest BCUT2D eigenvalue weighted by molar-refractivity contribution is 5.78. The number of fused-ring (bicyclic) bond motifs is 1. The van der Waals surface area contributed by atoms with E-state index in [0.717, 1.165) is 22.6 Å². The van der Waals surface area contributed by atoms with E-state index in [2.05, 4.69) is 16.3 Å². The Bertz CT molecular complexity index is 938. The van der Waals surface area contributed by atoms with Crippen molar-refractivity contribution < 1.29 is 24.1 Å². The molecular weight excluding hydrogens is 396 g/mol. The molecule has 7 heteroatoms. The fraction of sp³-hybridized carbons (Fsp3) is 0.458. The van der Waals surface area contributed by atoms with Gasteiger partial charge in [-0.05, 0) is 56.0 Å². The van der Waals surface area contributed by atoms with Crippen LogP contribution in [0.3, 0.4) is 0 Å². The second-order valence-corrected chi connectivity index (χ2v) is 8.52. The second-order valence-electron chi connectivity index (χ2n) is 8.52. The monoisotopic (exact) mass is 426 g/mol. The van der Waals surface area contributed by atoms with Crippen LogP contribution in [-0.4, -0.2) is 54.5 Å². The van der Waals surface area contributed by atoms with E-state index in [4.69, 9.17) is 14.2 Å². The van der Waals surface area contributed by atoms with Crippen molar-refractivity contribution in [3.8, 4) is 17.2 Å². The lowest BCUT2D eigenvalue weighted by molar-refractivity contribution is -0.124. The maximum Gasteiger partial charge on any atom is 0.234 e. The largest absolute Gasteiger partial charge is 0.490 e. The Labute approximate surface area is 182 Å². The van der Waals surface area contributed by atoms with Crippen LogP contribution in [0.4, 0.5) is 0 Å². The molecule has 4 rings (SSSR count). The molecule has 166 valence electrons. The molecule has 2 aliphatic rings. The number of ether oxygens (including phenoxy) is 3. The molecular formula is C24H30N2O5. The number of amides is 1. The number of carbonyl (C=O) groups is 1. The van der Waals surface area contributed by atoms with Crippen molar-refractivity contribution >= 4 is 5.91 Å². The lowest BCUT2D eigenvalue weighted by Crippen LogP contribution is -2.50. The molecule has 2 aromatic rings. The number of likely N-dealkylation sites (tertiary alicyclic amines) is 1. The molecule has 0 spiro atoms. The first-order chi connectivity index (χ1) is 14.9. The highest BCUT2D eigenvalue weighted by atomic mass is 16.7. The summed E-state index contributed by atoms with van der Waals surface area (Å²) in [4.78, 5) is 14.4. The van der Waals surface area contributed by atoms with E-state index in [9.17, 15) is 9.90 Å². The molecule has 31 heavy (non-hydrogen) atoms. The van der Waals surface area contributed by atoms with E-state index in [-0.39, 0.29) is 19.3 Å². The van der Waals surface area contributed by atoms with Crippen LogP contribution in [0, 0.1) is 13.8 Å². The van der Waals surface area contributed by atoms with Crippen molar-refractivity contribution in [2.24, 2.45) is 0 Å². The Hall–Kier alpha value is -2.77. The minimum absolute atomic E-state index is 0.0327. The van der Waals surface area contributed by atoms with Gasteiger partial charge in [0.05, 0.1) is 6.54 Å². The first-order valence-electron chi connectivity index (χ1n) is 10.7. The number of rotatable bonds is 7. The fourth-order valence-electron chi connectivity index (χ4n) is 3.96. The van der Waals surface area contributed by atoms with Crippen LogP contribution in [-0.2, 0) is 11.3 Å². The van der Waals surface area contributed by atoms with E-state index < -0.39 is 5.60 Å². The van der Waals surface area contributed by atoms with Crippen LogP contribution >= 0.6 is 0 Å². The summed E-state index contributed by atoms with van der Waals surface area (Å²) >= 11 is 0. The number of aryl methyl sites for hydroxylation is 2. The Morgan fingerprint density at radius 2 is 1.90 bits per heavy atom. The zero-order valence-electron chi connectivity index (χ0n) is 18.1. The van der Waals surface area contributed by atoms with E-state index in [0.29, 0.717) is 44.8 Å². The molecule has 0 unspecified atom stereocenters. The molecule has 2 aromatic carbocycles. The number of aliphatic hydroxyl groups is 1. The smallest absolute Gasteiger partial charge is 0.234 e. The van der Waals surface area contributed by atoms with Gasteiger partial charge in [0, 0.05) is 19.6 Å². The second kappa shape index (κ2) is 9.16. The minimum atomic E-state index is -0.864. The molecule has 0 radical (unpaired) electrons. The number of nitrogens with one attached hydrogen (secondary N) is 1. The van der Waals surface area contributed by atoms with E-state index in [1.807, 2.05) is 44.2 Å². The van der Waals surface area contributed by atoms with E-state index in [1.54, 1.807) is 0 Å². The predicted molar refractivity (Wildman–Crippen MR) is 116 cm³/mol. The van der Waals surface area contributed by atoms with Crippen molar-refractivity contribution in [3.63, 3.8) is 0 Å². The normalized spacial score (nSPS) is 17.4. The average Bonchev–Trinajstić information content (AvgIpc) is 3.21. The van der Waals surface area contributed by atoms with Gasteiger partial charge in [-0.2, -0.15) is 0 Å². The van der Waals surface area contributed by atoms with Gasteiger partial charge in [-0.1, -0.05) is 23.8 Å². The summed E-state index contributed by atoms with van der Waals surface area (Å²) < 4.78 is 16.6. The summed E-state index contributed by atoms with van der Waals surface area (Å²) in [5.74, 6) is 2.22. The standard InChI is InChI=1S/C24H30N2O5/c1-17-3-5-20(18(2)11-17)29-15-24(28)7-9-26(10-8-24)14-23(27)25-13-19-4-6-21-22(12-19)31-16-30-21/h3-6,11-12,28H,7-10,13-16H2,1-2H3,(H,25,27). The van der Waals surface area contributed by atoms with Crippen LogP contribution in [0.25, 0.3) is 0 Å². The molecule has 1 saturated heterocycles. The van der Waals surface area contributed by atoms with Gasteiger partial charge in [0.2, 0.25) is 12.7 Å². The maximum atomic E-state index is 12.4. The predicted octanol–water partition coefficient (Wildman–Crippen LogP) is 2.55. The number of carbonyl (C=O) groups excluding carboxylic acids is 1. The van der Waals surface area contributed by atoms with Gasteiger partial charge in [0.1, 0.15) is 18.0 Å². The number of hydrogen-bond donors (Lipinski definition) is 2. The van der Waals surface area contributed by atoms with Crippen molar-refractivity contribution in [2.75, 3.05) is 33.0 Å². The molecule has 2 aliphatic heterocycles. The maximum absolute atomic E-state index is 12.4. The third kappa shape index (κ3) is 5.48. The lowest BCUT2D eigenvalue weighted by Gasteiger charge is -2.37. The average molecular weight is 427 g/mol. The molecule has 0 aromatic heterocycles.